The Hall–Kier alpha value is -1.90. The predicted molar refractivity (Wildman–Crippen MR) is 90.8 cm³/mol. The third-order valence-electron chi connectivity index (χ3n) is 4.98. The molecule has 2 aromatic carbocycles. The molecule has 0 amide bonds. The molecular weight excluding hydrogens is 294 g/mol. The van der Waals surface area contributed by atoms with Gasteiger partial charge in [-0.05, 0) is 47.9 Å². The van der Waals surface area contributed by atoms with Crippen molar-refractivity contribution in [2.45, 2.75) is 38.5 Å². The van der Waals surface area contributed by atoms with Crippen molar-refractivity contribution in [3.8, 4) is 16.9 Å². The van der Waals surface area contributed by atoms with Crippen LogP contribution in [0.25, 0.3) is 11.1 Å². The summed E-state index contributed by atoms with van der Waals surface area (Å²) in [4.78, 5) is 0. The van der Waals surface area contributed by atoms with Gasteiger partial charge < -0.3 is 4.74 Å². The number of methoxy groups -OCH3 is 1. The predicted octanol–water partition coefficient (Wildman–Crippen LogP) is 6.18. The van der Waals surface area contributed by atoms with E-state index < -0.39 is 11.6 Å². The average Bonchev–Trinajstić information content (AvgIpc) is 2.58. The molecule has 0 bridgehead atoms. The van der Waals surface area contributed by atoms with E-state index in [1.54, 1.807) is 6.07 Å². The summed E-state index contributed by atoms with van der Waals surface area (Å²) in [5, 5.41) is 0. The van der Waals surface area contributed by atoms with Crippen LogP contribution in [0, 0.1) is 17.6 Å². The van der Waals surface area contributed by atoms with Gasteiger partial charge in [0, 0.05) is 6.99 Å². The fourth-order valence-corrected chi connectivity index (χ4v) is 3.44. The molecule has 1 fully saturated rings. The zero-order valence-corrected chi connectivity index (χ0v) is 13.6. The van der Waals surface area contributed by atoms with Crippen LogP contribution in [0.1, 0.15) is 45.5 Å². The van der Waals surface area contributed by atoms with Gasteiger partial charge in [-0.1, -0.05) is 44.0 Å². The summed E-state index contributed by atoms with van der Waals surface area (Å²) in [7, 11) is 1.33. The van der Waals surface area contributed by atoms with Gasteiger partial charge in [-0.3, -0.25) is 0 Å². The molecule has 2 aromatic rings. The molecule has 3 rings (SSSR count). The van der Waals surface area contributed by atoms with Crippen molar-refractivity contribution in [2.24, 2.45) is 5.92 Å². The molecule has 0 radical (unpaired) electrons. The number of ether oxygens (including phenoxy) is 1. The Morgan fingerprint density at radius 3 is 2.17 bits per heavy atom. The van der Waals surface area contributed by atoms with Gasteiger partial charge >= 0.3 is 0 Å². The third-order valence-corrected chi connectivity index (χ3v) is 4.98. The third kappa shape index (κ3) is 3.24. The van der Waals surface area contributed by atoms with Crippen molar-refractivity contribution in [3.63, 3.8) is 0 Å². The number of hydrogen-bond acceptors (Lipinski definition) is 1. The minimum atomic E-state index is -0.935. The fraction of sp³-hybridized carbons (Fsp3) is 0.400. The van der Waals surface area contributed by atoms with E-state index in [1.807, 2.05) is 12.1 Å². The summed E-state index contributed by atoms with van der Waals surface area (Å²) < 4.78 is 32.8. The molecule has 0 aliphatic heterocycles. The molecule has 23 heavy (non-hydrogen) atoms. The Labute approximate surface area is 137 Å². The van der Waals surface area contributed by atoms with Crippen LogP contribution in [0.3, 0.4) is 0 Å². The van der Waals surface area contributed by atoms with Crippen LogP contribution in [0.15, 0.2) is 36.4 Å². The van der Waals surface area contributed by atoms with E-state index in [0.29, 0.717) is 11.5 Å². The van der Waals surface area contributed by atoms with Gasteiger partial charge in [0.15, 0.2) is 11.6 Å². The summed E-state index contributed by atoms with van der Waals surface area (Å²) >= 11 is 0. The fourth-order valence-electron chi connectivity index (χ4n) is 3.44. The summed E-state index contributed by atoms with van der Waals surface area (Å²) in [5.74, 6) is -0.447. The second kappa shape index (κ2) is 6.69. The molecule has 0 unspecified atom stereocenters. The number of hydrogen-bond donors (Lipinski definition) is 0. The van der Waals surface area contributed by atoms with Crippen LogP contribution < -0.4 is 4.74 Å². The van der Waals surface area contributed by atoms with Crippen LogP contribution in [0.4, 0.5) is 8.78 Å². The lowest BCUT2D eigenvalue weighted by Crippen LogP contribution is -2.10. The highest BCUT2D eigenvalue weighted by atomic mass is 19.2. The monoisotopic (exact) mass is 318 g/mol. The number of rotatable bonds is 3. The van der Waals surface area contributed by atoms with E-state index in [2.05, 4.69) is 19.1 Å². The smallest absolute Gasteiger partial charge is 0.201 e. The van der Waals surface area contributed by atoms with Gasteiger partial charge in [0.2, 0.25) is 5.82 Å². The first-order chi connectivity index (χ1) is 11.1. The minimum Gasteiger partial charge on any atom is -0.494 e. The van der Waals surface area contributed by atoms with Crippen molar-refractivity contribution in [2.75, 3.05) is 7.11 Å². The van der Waals surface area contributed by atoms with E-state index in [1.165, 1.54) is 44.4 Å². The minimum absolute atomic E-state index is 0. The second-order valence-corrected chi connectivity index (χ2v) is 6.52. The summed E-state index contributed by atoms with van der Waals surface area (Å²) in [6, 6.07) is 10.9. The first kappa shape index (κ1) is 16.0. The molecule has 1 saturated carbocycles. The first-order valence-electron chi connectivity index (χ1n) is 8.22. The average molecular weight is 318 g/mol. The number of benzene rings is 2. The van der Waals surface area contributed by atoms with Crippen molar-refractivity contribution < 1.29 is 14.9 Å². The summed E-state index contributed by atoms with van der Waals surface area (Å²) in [5.41, 5.74) is 2.26. The van der Waals surface area contributed by atoms with Gasteiger partial charge in [-0.25, -0.2) is 4.39 Å². The van der Waals surface area contributed by atoms with Crippen LogP contribution in [-0.2, 0) is 0 Å². The SMILES string of the molecule is COc1ccc(-c2ccc(C3CCC(C)CC3)cc2)c(F)c1F.[HH]. The van der Waals surface area contributed by atoms with Crippen molar-refractivity contribution in [1.82, 2.24) is 0 Å². The second-order valence-electron chi connectivity index (χ2n) is 6.52. The van der Waals surface area contributed by atoms with E-state index >= 15 is 0 Å². The molecule has 1 nitrogen and oxygen atoms in total. The van der Waals surface area contributed by atoms with Crippen molar-refractivity contribution in [1.29, 1.82) is 0 Å². The lowest BCUT2D eigenvalue weighted by molar-refractivity contribution is 0.348. The Bertz CT molecular complexity index is 677. The highest BCUT2D eigenvalue weighted by molar-refractivity contribution is 5.65. The van der Waals surface area contributed by atoms with E-state index in [-0.39, 0.29) is 12.7 Å². The maximum absolute atomic E-state index is 14.2. The Morgan fingerprint density at radius 1 is 0.913 bits per heavy atom. The van der Waals surface area contributed by atoms with Gasteiger partial charge in [0.25, 0.3) is 0 Å². The van der Waals surface area contributed by atoms with Crippen molar-refractivity contribution in [3.05, 3.63) is 53.6 Å². The largest absolute Gasteiger partial charge is 0.494 e. The molecule has 0 heterocycles. The molecule has 0 spiro atoms. The first-order valence-corrected chi connectivity index (χ1v) is 8.22. The molecule has 0 aromatic heterocycles. The Balaban J connectivity index is 0.00000208. The Kier molecular flexibility index (Phi) is 4.65. The normalized spacial score (nSPS) is 21.2. The summed E-state index contributed by atoms with van der Waals surface area (Å²) in [6.07, 6.45) is 4.97. The van der Waals surface area contributed by atoms with Gasteiger partial charge in [0.1, 0.15) is 0 Å². The maximum atomic E-state index is 14.2. The maximum Gasteiger partial charge on any atom is 0.201 e. The zero-order chi connectivity index (χ0) is 16.4. The van der Waals surface area contributed by atoms with Gasteiger partial charge in [-0.2, -0.15) is 4.39 Å². The van der Waals surface area contributed by atoms with Gasteiger partial charge in [-0.15, -0.1) is 0 Å². The molecular formula is C20H24F2O. The molecule has 124 valence electrons. The molecule has 3 heteroatoms. The quantitative estimate of drug-likeness (QED) is 0.656. The van der Waals surface area contributed by atoms with Gasteiger partial charge in [0.05, 0.1) is 7.11 Å². The van der Waals surface area contributed by atoms with Crippen LogP contribution >= 0.6 is 0 Å². The highest BCUT2D eigenvalue weighted by Crippen LogP contribution is 2.36. The van der Waals surface area contributed by atoms with Crippen LogP contribution in [-0.4, -0.2) is 7.11 Å². The van der Waals surface area contributed by atoms with E-state index in [9.17, 15) is 8.78 Å². The molecule has 0 atom stereocenters. The molecule has 1 aliphatic rings. The highest BCUT2D eigenvalue weighted by Gasteiger charge is 2.20. The van der Waals surface area contributed by atoms with Crippen LogP contribution in [0.2, 0.25) is 0 Å². The van der Waals surface area contributed by atoms with E-state index in [4.69, 9.17) is 4.74 Å². The van der Waals surface area contributed by atoms with Crippen LogP contribution in [0.5, 0.6) is 5.75 Å². The number of halogens is 2. The zero-order valence-electron chi connectivity index (χ0n) is 13.6. The molecule has 0 N–H and O–H groups in total. The standard InChI is InChI=1S/C20H22F2O.H2/c1-13-3-5-14(6-4-13)15-7-9-16(10-8-15)17-11-12-18(23-2)20(22)19(17)21;/h7-14H,3-6H2,1-2H3;1H. The molecule has 0 saturated heterocycles. The van der Waals surface area contributed by atoms with Crippen molar-refractivity contribution >= 4 is 0 Å². The Morgan fingerprint density at radius 2 is 1.57 bits per heavy atom. The topological polar surface area (TPSA) is 9.23 Å². The molecule has 1 aliphatic carbocycles. The lowest BCUT2D eigenvalue weighted by atomic mass is 9.79. The van der Waals surface area contributed by atoms with E-state index in [0.717, 1.165) is 5.92 Å². The summed E-state index contributed by atoms with van der Waals surface area (Å²) in [6.45, 7) is 2.31. The lowest BCUT2D eigenvalue weighted by Gasteiger charge is -2.26.